The smallest absolute Gasteiger partial charge is 0.300 e. The Bertz CT molecular complexity index is 1260. The van der Waals surface area contributed by atoms with E-state index in [4.69, 9.17) is 14.6 Å². The summed E-state index contributed by atoms with van der Waals surface area (Å²) in [6, 6.07) is 9.59. The highest BCUT2D eigenvalue weighted by Gasteiger charge is 2.23. The lowest BCUT2D eigenvalue weighted by molar-refractivity contribution is -0.134. The first-order chi connectivity index (χ1) is 17.2. The van der Waals surface area contributed by atoms with Crippen molar-refractivity contribution in [2.24, 2.45) is 0 Å². The van der Waals surface area contributed by atoms with Gasteiger partial charge in [0.05, 0.1) is 19.0 Å². The van der Waals surface area contributed by atoms with E-state index in [1.54, 1.807) is 34.5 Å². The number of carbonyl (C=O) groups is 2. The van der Waals surface area contributed by atoms with Crippen LogP contribution in [0.5, 0.6) is 5.75 Å². The van der Waals surface area contributed by atoms with Crippen LogP contribution in [-0.4, -0.2) is 63.5 Å². The van der Waals surface area contributed by atoms with E-state index in [1.165, 1.54) is 0 Å². The summed E-state index contributed by atoms with van der Waals surface area (Å²) in [5, 5.41) is 15.1. The van der Waals surface area contributed by atoms with Gasteiger partial charge in [-0.25, -0.2) is 4.68 Å². The van der Waals surface area contributed by atoms with Crippen molar-refractivity contribution >= 4 is 11.9 Å². The molecule has 36 heavy (non-hydrogen) atoms. The van der Waals surface area contributed by atoms with Crippen molar-refractivity contribution in [1.82, 2.24) is 24.6 Å². The van der Waals surface area contributed by atoms with Crippen LogP contribution in [0.15, 0.2) is 53.7 Å². The molecule has 1 fully saturated rings. The SMILES string of the molecule is CC(=O)O.COc1cccc(-n2cc(CN(C)C(=O)c3c(C)ccn(C4CCNCC4)c3=O)cn2)c1. The Balaban J connectivity index is 0.000000840. The number of hydrogen-bond donors (Lipinski definition) is 2. The number of carboxylic acid groups (broad SMARTS) is 1. The van der Waals surface area contributed by atoms with E-state index < -0.39 is 5.97 Å². The van der Waals surface area contributed by atoms with Crippen LogP contribution >= 0.6 is 0 Å². The molecule has 10 nitrogen and oxygen atoms in total. The van der Waals surface area contributed by atoms with Gasteiger partial charge in [0.25, 0.3) is 17.4 Å². The second-order valence-corrected chi connectivity index (χ2v) is 8.74. The predicted molar refractivity (Wildman–Crippen MR) is 136 cm³/mol. The summed E-state index contributed by atoms with van der Waals surface area (Å²) in [5.74, 6) is -0.360. The minimum atomic E-state index is -0.833. The van der Waals surface area contributed by atoms with Crippen LogP contribution in [-0.2, 0) is 11.3 Å². The van der Waals surface area contributed by atoms with Gasteiger partial charge in [0.2, 0.25) is 0 Å². The number of aryl methyl sites for hydroxylation is 1. The summed E-state index contributed by atoms with van der Waals surface area (Å²) in [4.78, 5) is 37.0. The molecule has 1 aliphatic rings. The van der Waals surface area contributed by atoms with Gasteiger partial charge in [0, 0.05) is 50.6 Å². The molecule has 3 heterocycles. The number of rotatable bonds is 6. The standard InChI is InChI=1S/C24H29N5O3.C2H4O2/c1-17-9-12-28(19-7-10-25-11-8-19)24(31)22(17)23(30)27(2)15-18-14-26-29(16-18)20-5-4-6-21(13-20)32-3;1-2(3)4/h4-6,9,12-14,16,19,25H,7-8,10-11,15H2,1-3H3;1H3,(H,3,4). The third-order valence-corrected chi connectivity index (χ3v) is 5.96. The number of carboxylic acids is 1. The lowest BCUT2D eigenvalue weighted by atomic mass is 10.0. The van der Waals surface area contributed by atoms with Crippen molar-refractivity contribution in [1.29, 1.82) is 0 Å². The monoisotopic (exact) mass is 495 g/mol. The number of nitrogens with zero attached hydrogens (tertiary/aromatic N) is 4. The third kappa shape index (κ3) is 6.60. The Morgan fingerprint density at radius 2 is 1.94 bits per heavy atom. The van der Waals surface area contributed by atoms with Crippen molar-refractivity contribution < 1.29 is 19.4 Å². The number of piperidine rings is 1. The second kappa shape index (κ2) is 12.2. The molecule has 1 saturated heterocycles. The summed E-state index contributed by atoms with van der Waals surface area (Å²) < 4.78 is 8.75. The number of aromatic nitrogens is 3. The lowest BCUT2D eigenvalue weighted by Crippen LogP contribution is -2.38. The van der Waals surface area contributed by atoms with Crippen LogP contribution in [0, 0.1) is 6.92 Å². The molecular weight excluding hydrogens is 462 g/mol. The molecule has 3 aromatic rings. The van der Waals surface area contributed by atoms with Gasteiger partial charge >= 0.3 is 0 Å². The van der Waals surface area contributed by atoms with Crippen LogP contribution in [0.2, 0.25) is 0 Å². The molecule has 0 bridgehead atoms. The average Bonchev–Trinajstić information content (AvgIpc) is 3.33. The minimum absolute atomic E-state index is 0.127. The molecular formula is C26H33N5O5. The molecule has 2 aromatic heterocycles. The maximum absolute atomic E-state index is 13.2. The zero-order valence-corrected chi connectivity index (χ0v) is 21.1. The number of aliphatic carboxylic acids is 1. The van der Waals surface area contributed by atoms with Gasteiger partial charge < -0.3 is 24.6 Å². The Hall–Kier alpha value is -3.92. The number of carbonyl (C=O) groups excluding carboxylic acids is 1. The van der Waals surface area contributed by atoms with Crippen molar-refractivity contribution in [2.75, 3.05) is 27.2 Å². The van der Waals surface area contributed by atoms with Crippen molar-refractivity contribution in [3.05, 3.63) is 76.0 Å². The first kappa shape index (κ1) is 26.7. The van der Waals surface area contributed by atoms with Gasteiger partial charge in [-0.2, -0.15) is 5.10 Å². The van der Waals surface area contributed by atoms with Crippen LogP contribution in [0.4, 0.5) is 0 Å². The summed E-state index contributed by atoms with van der Waals surface area (Å²) in [5.41, 5.74) is 2.47. The molecule has 0 radical (unpaired) electrons. The van der Waals surface area contributed by atoms with Gasteiger partial charge in [0.15, 0.2) is 0 Å². The molecule has 0 atom stereocenters. The second-order valence-electron chi connectivity index (χ2n) is 8.74. The normalized spacial score (nSPS) is 13.4. The molecule has 2 N–H and O–H groups in total. The fraction of sp³-hybridized carbons (Fsp3) is 0.385. The van der Waals surface area contributed by atoms with Crippen LogP contribution in [0.3, 0.4) is 0 Å². The number of nitrogens with one attached hydrogen (secondary N) is 1. The number of hydrogen-bond acceptors (Lipinski definition) is 6. The summed E-state index contributed by atoms with van der Waals surface area (Å²) in [6.45, 7) is 5.01. The van der Waals surface area contributed by atoms with E-state index >= 15 is 0 Å². The van der Waals surface area contributed by atoms with Gasteiger partial charge in [-0.3, -0.25) is 14.4 Å². The van der Waals surface area contributed by atoms with Crippen molar-refractivity contribution in [3.8, 4) is 11.4 Å². The number of ether oxygens (including phenoxy) is 1. The molecule has 0 saturated carbocycles. The number of methoxy groups -OCH3 is 1. The molecule has 0 aliphatic carbocycles. The molecule has 1 amide bonds. The minimum Gasteiger partial charge on any atom is -0.497 e. The molecule has 0 spiro atoms. The van der Waals surface area contributed by atoms with E-state index in [-0.39, 0.29) is 23.1 Å². The first-order valence-corrected chi connectivity index (χ1v) is 11.8. The summed E-state index contributed by atoms with van der Waals surface area (Å²) in [7, 11) is 3.34. The Morgan fingerprint density at radius 1 is 1.25 bits per heavy atom. The Labute approximate surface area is 210 Å². The molecule has 4 rings (SSSR count). The first-order valence-electron chi connectivity index (χ1n) is 11.8. The van der Waals surface area contributed by atoms with Gasteiger partial charge in [0.1, 0.15) is 11.3 Å². The summed E-state index contributed by atoms with van der Waals surface area (Å²) >= 11 is 0. The van der Waals surface area contributed by atoms with Crippen LogP contribution < -0.4 is 15.6 Å². The number of benzene rings is 1. The van der Waals surface area contributed by atoms with Crippen molar-refractivity contribution in [3.63, 3.8) is 0 Å². The van der Waals surface area contributed by atoms with Crippen molar-refractivity contribution in [2.45, 2.75) is 39.3 Å². The third-order valence-electron chi connectivity index (χ3n) is 5.96. The molecule has 10 heteroatoms. The number of amides is 1. The topological polar surface area (TPSA) is 119 Å². The maximum atomic E-state index is 13.2. The molecule has 1 aliphatic heterocycles. The van der Waals surface area contributed by atoms with Crippen LogP contribution in [0.25, 0.3) is 5.69 Å². The van der Waals surface area contributed by atoms with Gasteiger partial charge in [-0.05, 0) is 56.6 Å². The Morgan fingerprint density at radius 3 is 2.61 bits per heavy atom. The highest BCUT2D eigenvalue weighted by atomic mass is 16.5. The summed E-state index contributed by atoms with van der Waals surface area (Å²) in [6.07, 6.45) is 7.20. The van der Waals surface area contributed by atoms with Gasteiger partial charge in [-0.15, -0.1) is 0 Å². The average molecular weight is 496 g/mol. The van der Waals surface area contributed by atoms with Crippen LogP contribution in [0.1, 0.15) is 47.3 Å². The Kier molecular flexibility index (Phi) is 9.02. The lowest BCUT2D eigenvalue weighted by Gasteiger charge is -2.26. The fourth-order valence-corrected chi connectivity index (χ4v) is 4.15. The number of pyridine rings is 1. The van der Waals surface area contributed by atoms with E-state index in [0.717, 1.165) is 49.9 Å². The zero-order chi connectivity index (χ0) is 26.2. The zero-order valence-electron chi connectivity index (χ0n) is 21.1. The maximum Gasteiger partial charge on any atom is 0.300 e. The highest BCUT2D eigenvalue weighted by molar-refractivity contribution is 5.95. The van der Waals surface area contributed by atoms with E-state index in [0.29, 0.717) is 12.1 Å². The molecule has 1 aromatic carbocycles. The van der Waals surface area contributed by atoms with Gasteiger partial charge in [-0.1, -0.05) is 6.07 Å². The van der Waals surface area contributed by atoms with E-state index in [2.05, 4.69) is 10.4 Å². The fourth-order valence-electron chi connectivity index (χ4n) is 4.15. The van der Waals surface area contributed by atoms with E-state index in [1.807, 2.05) is 49.6 Å². The quantitative estimate of drug-likeness (QED) is 0.540. The predicted octanol–water partition coefficient (Wildman–Crippen LogP) is 2.64. The highest BCUT2D eigenvalue weighted by Crippen LogP contribution is 2.19. The molecule has 192 valence electrons. The van der Waals surface area contributed by atoms with E-state index in [9.17, 15) is 9.59 Å². The molecule has 0 unspecified atom stereocenters. The largest absolute Gasteiger partial charge is 0.497 e.